The van der Waals surface area contributed by atoms with Crippen molar-refractivity contribution in [3.63, 3.8) is 0 Å². The molecule has 0 aliphatic heterocycles. The average Bonchev–Trinajstić information content (AvgIpc) is 3.92. The number of benzene rings is 1. The normalized spacial score (nSPS) is 16.4. The molecule has 2 heterocycles. The van der Waals surface area contributed by atoms with E-state index in [2.05, 4.69) is 52.0 Å². The standard InChI is InChI=1S/C40H61N11O7/c1-6-26(2)35(38(56)43-25-51-45-24-44-50-51)49-34(53)18-17-33(52)30(19-27-13-9-7-10-14-27)46-37(55)32(21-29-22-41-23-42-29)47-36(54)31(20-28-15-11-8-12-16-28)48-39(57)58-40(3,4)5/h8,11-12,15-16,22-24,26-27,30-33,35,52H,6-7,9-10,13-14,17-21,25H2,1-5H3,(H,41,42)(H,43,56)(H,46,55)(H,47,54)(H,48,57)(H,49,53)/t26-,30?,31-,32-,33?,35-/m0/s1. The summed E-state index contributed by atoms with van der Waals surface area (Å²) in [5.74, 6) is -1.92. The van der Waals surface area contributed by atoms with E-state index in [4.69, 9.17) is 4.74 Å². The second-order valence-electron chi connectivity index (χ2n) is 16.1. The van der Waals surface area contributed by atoms with Gasteiger partial charge in [0.25, 0.3) is 0 Å². The van der Waals surface area contributed by atoms with Crippen molar-refractivity contribution in [2.24, 2.45) is 11.8 Å². The van der Waals surface area contributed by atoms with Gasteiger partial charge in [-0.1, -0.05) is 82.7 Å². The number of rotatable bonds is 21. The molecule has 18 nitrogen and oxygen atoms in total. The minimum absolute atomic E-state index is 0.0117. The van der Waals surface area contributed by atoms with Crippen LogP contribution in [0.15, 0.2) is 49.2 Å². The lowest BCUT2D eigenvalue weighted by Crippen LogP contribution is -2.57. The molecular weight excluding hydrogens is 747 g/mol. The van der Waals surface area contributed by atoms with Gasteiger partial charge in [-0.15, -0.1) is 15.0 Å². The maximum atomic E-state index is 14.2. The van der Waals surface area contributed by atoms with Crippen LogP contribution in [0.1, 0.15) is 104 Å². The Morgan fingerprint density at radius 3 is 2.29 bits per heavy atom. The number of amides is 5. The molecule has 2 aromatic heterocycles. The fraction of sp³-hybridized carbons (Fsp3) is 0.625. The smallest absolute Gasteiger partial charge is 0.408 e. The zero-order valence-electron chi connectivity index (χ0n) is 34.3. The third-order valence-corrected chi connectivity index (χ3v) is 10.3. The van der Waals surface area contributed by atoms with Crippen molar-refractivity contribution < 1.29 is 33.8 Å². The molecule has 2 unspecified atom stereocenters. The van der Waals surface area contributed by atoms with Crippen LogP contribution < -0.4 is 26.6 Å². The number of tetrazole rings is 1. The number of hydrogen-bond donors (Lipinski definition) is 7. The third kappa shape index (κ3) is 15.5. The lowest BCUT2D eigenvalue weighted by molar-refractivity contribution is -0.131. The van der Waals surface area contributed by atoms with E-state index >= 15 is 0 Å². The summed E-state index contributed by atoms with van der Waals surface area (Å²) in [7, 11) is 0. The molecule has 318 valence electrons. The predicted molar refractivity (Wildman–Crippen MR) is 213 cm³/mol. The molecule has 58 heavy (non-hydrogen) atoms. The van der Waals surface area contributed by atoms with Crippen LogP contribution in [0.4, 0.5) is 4.79 Å². The molecule has 1 aliphatic rings. The molecular formula is C40H61N11O7. The molecule has 4 rings (SSSR count). The maximum Gasteiger partial charge on any atom is 0.408 e. The van der Waals surface area contributed by atoms with Crippen LogP contribution in [0.25, 0.3) is 0 Å². The van der Waals surface area contributed by atoms with E-state index in [0.717, 1.165) is 37.7 Å². The molecule has 1 aromatic carbocycles. The number of aliphatic hydroxyl groups excluding tert-OH is 1. The highest BCUT2D eigenvalue weighted by Crippen LogP contribution is 2.29. The first kappa shape index (κ1) is 45.3. The Kier molecular flexibility index (Phi) is 17.6. The second-order valence-corrected chi connectivity index (χ2v) is 16.1. The number of alkyl carbamates (subject to hydrolysis) is 1. The summed E-state index contributed by atoms with van der Waals surface area (Å²) in [4.78, 5) is 75.7. The summed E-state index contributed by atoms with van der Waals surface area (Å²) in [5, 5.41) is 36.9. The topological polar surface area (TPSA) is 247 Å². The van der Waals surface area contributed by atoms with E-state index in [1.54, 1.807) is 27.0 Å². The molecule has 18 heteroatoms. The highest BCUT2D eigenvalue weighted by Gasteiger charge is 2.33. The molecule has 0 saturated heterocycles. The van der Waals surface area contributed by atoms with E-state index < -0.39 is 65.6 Å². The molecule has 7 N–H and O–H groups in total. The number of ether oxygens (including phenoxy) is 1. The zero-order valence-corrected chi connectivity index (χ0v) is 34.3. The van der Waals surface area contributed by atoms with Gasteiger partial charge < -0.3 is 41.4 Å². The van der Waals surface area contributed by atoms with E-state index in [9.17, 15) is 29.1 Å². The van der Waals surface area contributed by atoms with Gasteiger partial charge in [0.2, 0.25) is 23.6 Å². The fourth-order valence-corrected chi connectivity index (χ4v) is 6.93. The lowest BCUT2D eigenvalue weighted by Gasteiger charge is -2.32. The quantitative estimate of drug-likeness (QED) is 0.0824. The Morgan fingerprint density at radius 2 is 1.66 bits per heavy atom. The van der Waals surface area contributed by atoms with Gasteiger partial charge in [0.05, 0.1) is 18.5 Å². The molecule has 0 bridgehead atoms. The molecule has 3 aromatic rings. The highest BCUT2D eigenvalue weighted by atomic mass is 16.6. The number of aliphatic hydroxyl groups is 1. The van der Waals surface area contributed by atoms with Gasteiger partial charge in [-0.25, -0.2) is 9.78 Å². The predicted octanol–water partition coefficient (Wildman–Crippen LogP) is 2.46. The SMILES string of the molecule is CC[C@H](C)[C@H](NC(=O)CCC(O)C(CC1CCCCC1)NC(=O)[C@H](Cc1cnc[nH]1)NC(=O)[C@H](Cc1ccccc1)NC(=O)OC(C)(C)C)C(=O)NCn1ncnn1. The van der Waals surface area contributed by atoms with Crippen molar-refractivity contribution in [2.75, 3.05) is 0 Å². The number of H-pyrrole nitrogens is 1. The largest absolute Gasteiger partial charge is 0.444 e. The van der Waals surface area contributed by atoms with E-state index in [1.807, 2.05) is 44.2 Å². The van der Waals surface area contributed by atoms with Crippen molar-refractivity contribution in [1.29, 1.82) is 0 Å². The second kappa shape index (κ2) is 22.5. The van der Waals surface area contributed by atoms with Gasteiger partial charge in [-0.3, -0.25) is 19.2 Å². The first-order valence-electron chi connectivity index (χ1n) is 20.3. The van der Waals surface area contributed by atoms with Gasteiger partial charge in [-0.05, 0) is 56.2 Å². The Bertz CT molecular complexity index is 1710. The molecule has 0 spiro atoms. The van der Waals surface area contributed by atoms with Crippen molar-refractivity contribution in [3.05, 3.63) is 60.4 Å². The fourth-order valence-electron chi connectivity index (χ4n) is 6.93. The van der Waals surface area contributed by atoms with Crippen LogP contribution >= 0.6 is 0 Å². The molecule has 6 atom stereocenters. The van der Waals surface area contributed by atoms with Crippen molar-refractivity contribution in [2.45, 2.75) is 148 Å². The molecule has 5 amide bonds. The number of aromatic nitrogens is 6. The summed E-state index contributed by atoms with van der Waals surface area (Å²) >= 11 is 0. The van der Waals surface area contributed by atoms with E-state index in [-0.39, 0.29) is 44.2 Å². The number of imidazole rings is 1. The summed E-state index contributed by atoms with van der Waals surface area (Å²) in [6.07, 6.45) is 8.66. The lowest BCUT2D eigenvalue weighted by atomic mass is 9.83. The van der Waals surface area contributed by atoms with Crippen LogP contribution in [0.3, 0.4) is 0 Å². The van der Waals surface area contributed by atoms with Crippen LogP contribution in [-0.2, 0) is 43.4 Å². The number of nitrogens with one attached hydrogen (secondary N) is 6. The Labute approximate surface area is 339 Å². The molecule has 0 radical (unpaired) electrons. The van der Waals surface area contributed by atoms with Crippen molar-refractivity contribution in [3.8, 4) is 0 Å². The number of carbonyl (C=O) groups excluding carboxylic acids is 5. The summed E-state index contributed by atoms with van der Waals surface area (Å²) in [6.45, 7) is 8.92. The Morgan fingerprint density at radius 1 is 0.948 bits per heavy atom. The minimum Gasteiger partial charge on any atom is -0.444 e. The zero-order chi connectivity index (χ0) is 42.1. The van der Waals surface area contributed by atoms with Crippen LogP contribution in [0, 0.1) is 11.8 Å². The molecule has 1 aliphatic carbocycles. The highest BCUT2D eigenvalue weighted by molar-refractivity contribution is 5.92. The van der Waals surface area contributed by atoms with Crippen molar-refractivity contribution in [1.82, 2.24) is 56.8 Å². The first-order valence-corrected chi connectivity index (χ1v) is 20.3. The van der Waals surface area contributed by atoms with Crippen LogP contribution in [0.5, 0.6) is 0 Å². The third-order valence-electron chi connectivity index (χ3n) is 10.3. The summed E-state index contributed by atoms with van der Waals surface area (Å²) in [5.41, 5.74) is 0.559. The van der Waals surface area contributed by atoms with Crippen LogP contribution in [-0.4, -0.2) is 101 Å². The summed E-state index contributed by atoms with van der Waals surface area (Å²) < 4.78 is 5.45. The van der Waals surface area contributed by atoms with Gasteiger partial charge in [0.1, 0.15) is 30.4 Å². The number of aromatic amines is 1. The van der Waals surface area contributed by atoms with E-state index in [1.165, 1.54) is 17.5 Å². The average molecular weight is 808 g/mol. The first-order chi connectivity index (χ1) is 27.7. The number of hydrogen-bond acceptors (Lipinski definition) is 11. The van der Waals surface area contributed by atoms with Gasteiger partial charge >= 0.3 is 6.09 Å². The van der Waals surface area contributed by atoms with Crippen molar-refractivity contribution >= 4 is 29.7 Å². The number of nitrogens with zero attached hydrogens (tertiary/aromatic N) is 5. The van der Waals surface area contributed by atoms with E-state index in [0.29, 0.717) is 18.5 Å². The Balaban J connectivity index is 1.48. The Hall–Kier alpha value is -5.39. The van der Waals surface area contributed by atoms with Gasteiger partial charge in [0, 0.05) is 31.2 Å². The minimum atomic E-state index is -1.13. The molecule has 1 saturated carbocycles. The number of carbonyl (C=O) groups is 5. The monoisotopic (exact) mass is 807 g/mol. The van der Waals surface area contributed by atoms with Crippen LogP contribution in [0.2, 0.25) is 0 Å². The molecule has 1 fully saturated rings. The maximum absolute atomic E-state index is 14.2. The van der Waals surface area contributed by atoms with Gasteiger partial charge in [-0.2, -0.15) is 0 Å². The summed E-state index contributed by atoms with van der Waals surface area (Å²) in [6, 6.07) is 5.38. The van der Waals surface area contributed by atoms with Gasteiger partial charge in [0.15, 0.2) is 6.33 Å².